The van der Waals surface area contributed by atoms with Crippen LogP contribution >= 0.6 is 0 Å². The summed E-state index contributed by atoms with van der Waals surface area (Å²) in [5.74, 6) is -0.874. The van der Waals surface area contributed by atoms with Crippen molar-refractivity contribution in [2.45, 2.75) is 18.4 Å². The van der Waals surface area contributed by atoms with Crippen LogP contribution in [0, 0.1) is 11.3 Å². The molecule has 3 aromatic rings. The van der Waals surface area contributed by atoms with E-state index in [2.05, 4.69) is 10.6 Å². The molecule has 0 aromatic heterocycles. The highest BCUT2D eigenvalue weighted by molar-refractivity contribution is 5.98. The zero-order chi connectivity index (χ0) is 25.6. The highest BCUT2D eigenvalue weighted by atomic mass is 19.4. The molecule has 180 valence electrons. The number of benzene rings is 3. The molecule has 0 atom stereocenters. The molecule has 0 unspecified atom stereocenters. The van der Waals surface area contributed by atoms with E-state index in [0.717, 1.165) is 6.20 Å². The third-order valence-electron chi connectivity index (χ3n) is 4.88. The summed E-state index contributed by atoms with van der Waals surface area (Å²) in [5, 5.41) is 14.3. The van der Waals surface area contributed by atoms with E-state index >= 15 is 0 Å². The van der Waals surface area contributed by atoms with Crippen LogP contribution in [-0.2, 0) is 17.1 Å². The Balaban J connectivity index is 1.89. The van der Waals surface area contributed by atoms with Gasteiger partial charge in [-0.25, -0.2) is 0 Å². The molecular formula is C25H17F6N3O. The number of nitrogens with zero attached hydrogens (tertiary/aromatic N) is 1. The van der Waals surface area contributed by atoms with Gasteiger partial charge in [0.05, 0.1) is 17.2 Å². The Morgan fingerprint density at radius 1 is 0.800 bits per heavy atom. The largest absolute Gasteiger partial charge is 0.416 e. The van der Waals surface area contributed by atoms with Crippen LogP contribution in [0.5, 0.6) is 0 Å². The van der Waals surface area contributed by atoms with Crippen molar-refractivity contribution in [1.29, 1.82) is 5.26 Å². The van der Waals surface area contributed by atoms with Gasteiger partial charge in [0.25, 0.3) is 5.91 Å². The van der Waals surface area contributed by atoms with E-state index in [1.807, 2.05) is 0 Å². The second-order valence-electron chi connectivity index (χ2n) is 7.34. The fourth-order valence-electron chi connectivity index (χ4n) is 3.20. The van der Waals surface area contributed by atoms with Crippen molar-refractivity contribution < 1.29 is 31.1 Å². The van der Waals surface area contributed by atoms with Crippen molar-refractivity contribution in [3.05, 3.63) is 113 Å². The summed E-state index contributed by atoms with van der Waals surface area (Å²) in [4.78, 5) is 12.8. The molecule has 3 rings (SSSR count). The fraction of sp³-hybridized carbons (Fsp3) is 0.120. The molecule has 2 N–H and O–H groups in total. The first-order valence-electron chi connectivity index (χ1n) is 10.1. The zero-order valence-electron chi connectivity index (χ0n) is 17.8. The van der Waals surface area contributed by atoms with Crippen molar-refractivity contribution in [3.63, 3.8) is 0 Å². The number of nitrogens with one attached hydrogen (secondary N) is 2. The Labute approximate surface area is 196 Å². The van der Waals surface area contributed by atoms with Gasteiger partial charge in [-0.3, -0.25) is 4.79 Å². The van der Waals surface area contributed by atoms with Crippen LogP contribution in [0.4, 0.5) is 32.0 Å². The van der Waals surface area contributed by atoms with Gasteiger partial charge < -0.3 is 10.6 Å². The summed E-state index contributed by atoms with van der Waals surface area (Å²) in [7, 11) is 0. The van der Waals surface area contributed by atoms with Crippen LogP contribution in [-0.4, -0.2) is 5.91 Å². The number of amides is 1. The van der Waals surface area contributed by atoms with Crippen LogP contribution in [0.1, 0.15) is 28.3 Å². The lowest BCUT2D eigenvalue weighted by molar-refractivity contribution is -0.143. The molecule has 4 nitrogen and oxygen atoms in total. The van der Waals surface area contributed by atoms with E-state index in [4.69, 9.17) is 0 Å². The predicted octanol–water partition coefficient (Wildman–Crippen LogP) is 6.45. The molecule has 0 bridgehead atoms. The molecule has 3 aromatic carbocycles. The smallest absolute Gasteiger partial charge is 0.360 e. The van der Waals surface area contributed by atoms with E-state index in [0.29, 0.717) is 23.3 Å². The number of carbonyl (C=O) groups is 1. The number of carbonyl (C=O) groups excluding carboxylic acids is 1. The van der Waals surface area contributed by atoms with Crippen molar-refractivity contribution in [2.75, 3.05) is 5.32 Å². The van der Waals surface area contributed by atoms with Crippen molar-refractivity contribution >= 4 is 11.6 Å². The Kier molecular flexibility index (Phi) is 7.49. The number of alkyl halides is 6. The molecule has 0 aliphatic heterocycles. The van der Waals surface area contributed by atoms with Gasteiger partial charge in [-0.05, 0) is 29.3 Å². The third kappa shape index (κ3) is 6.63. The number of nitriles is 1. The standard InChI is InChI=1S/C25H17F6N3O/c26-24(27,28)19-11-20(25(29,30)31)13-21(12-19)33-15-18(14-32)23(35)34-22(16-7-3-1-4-8-16)17-9-5-2-6-10-17/h1-13,15,22,33H,(H,34,35)/b18-15-. The maximum absolute atomic E-state index is 13.1. The third-order valence-corrected chi connectivity index (χ3v) is 4.88. The van der Waals surface area contributed by atoms with Gasteiger partial charge in [0.2, 0.25) is 0 Å². The number of hydrogen-bond donors (Lipinski definition) is 2. The summed E-state index contributed by atoms with van der Waals surface area (Å²) in [6, 6.07) is 19.5. The number of anilines is 1. The van der Waals surface area contributed by atoms with Crippen molar-refractivity contribution in [2.24, 2.45) is 0 Å². The van der Waals surface area contributed by atoms with E-state index in [9.17, 15) is 36.4 Å². The SMILES string of the molecule is N#C/C(=C/Nc1cc(C(F)(F)F)cc(C(F)(F)F)c1)C(=O)NC(c1ccccc1)c1ccccc1. The van der Waals surface area contributed by atoms with E-state index in [-0.39, 0.29) is 6.07 Å². The minimum absolute atomic E-state index is 0.0167. The predicted molar refractivity (Wildman–Crippen MR) is 117 cm³/mol. The highest BCUT2D eigenvalue weighted by Crippen LogP contribution is 2.37. The fourth-order valence-corrected chi connectivity index (χ4v) is 3.20. The second-order valence-corrected chi connectivity index (χ2v) is 7.34. The van der Waals surface area contributed by atoms with Crippen molar-refractivity contribution in [1.82, 2.24) is 5.32 Å². The average Bonchev–Trinajstić information content (AvgIpc) is 2.82. The maximum atomic E-state index is 13.1. The Morgan fingerprint density at radius 2 is 1.26 bits per heavy atom. The maximum Gasteiger partial charge on any atom is 0.416 e. The molecule has 0 aliphatic carbocycles. The van der Waals surface area contributed by atoms with Gasteiger partial charge in [-0.15, -0.1) is 0 Å². The van der Waals surface area contributed by atoms with Crippen LogP contribution in [0.2, 0.25) is 0 Å². The highest BCUT2D eigenvalue weighted by Gasteiger charge is 2.37. The molecule has 0 saturated heterocycles. The minimum Gasteiger partial charge on any atom is -0.360 e. The van der Waals surface area contributed by atoms with Crippen LogP contribution in [0.15, 0.2) is 90.6 Å². The summed E-state index contributed by atoms with van der Waals surface area (Å²) < 4.78 is 78.4. The van der Waals surface area contributed by atoms with E-state index in [1.54, 1.807) is 66.7 Å². The van der Waals surface area contributed by atoms with Gasteiger partial charge in [-0.1, -0.05) is 60.7 Å². The van der Waals surface area contributed by atoms with Gasteiger partial charge in [0.1, 0.15) is 11.6 Å². The Morgan fingerprint density at radius 3 is 1.66 bits per heavy atom. The number of halogens is 6. The zero-order valence-corrected chi connectivity index (χ0v) is 17.8. The van der Waals surface area contributed by atoms with Crippen LogP contribution in [0.25, 0.3) is 0 Å². The molecule has 10 heteroatoms. The van der Waals surface area contributed by atoms with Gasteiger partial charge in [0.15, 0.2) is 0 Å². The monoisotopic (exact) mass is 489 g/mol. The molecule has 0 radical (unpaired) electrons. The number of hydrogen-bond acceptors (Lipinski definition) is 3. The molecule has 0 aliphatic rings. The molecule has 1 amide bonds. The number of rotatable bonds is 6. The molecular weight excluding hydrogens is 472 g/mol. The Bertz CT molecular complexity index is 1170. The first kappa shape index (κ1) is 25.4. The second kappa shape index (κ2) is 10.3. The Hall–Kier alpha value is -4.26. The normalized spacial score (nSPS) is 12.2. The summed E-state index contributed by atoms with van der Waals surface area (Å²) in [6.45, 7) is 0. The first-order valence-corrected chi connectivity index (χ1v) is 10.1. The summed E-state index contributed by atoms with van der Waals surface area (Å²) in [5.41, 5.74) is -2.79. The molecule has 0 spiro atoms. The lowest BCUT2D eigenvalue weighted by atomic mass is 9.98. The lowest BCUT2D eigenvalue weighted by Crippen LogP contribution is -2.30. The topological polar surface area (TPSA) is 64.9 Å². The summed E-state index contributed by atoms with van der Waals surface area (Å²) in [6.07, 6.45) is -9.30. The quantitative estimate of drug-likeness (QED) is 0.238. The van der Waals surface area contributed by atoms with Gasteiger partial charge in [-0.2, -0.15) is 31.6 Å². The molecule has 35 heavy (non-hydrogen) atoms. The van der Waals surface area contributed by atoms with E-state index < -0.39 is 46.7 Å². The van der Waals surface area contributed by atoms with E-state index in [1.165, 1.54) is 0 Å². The van der Waals surface area contributed by atoms with Gasteiger partial charge >= 0.3 is 12.4 Å². The van der Waals surface area contributed by atoms with Crippen LogP contribution in [0.3, 0.4) is 0 Å². The van der Waals surface area contributed by atoms with Crippen molar-refractivity contribution in [3.8, 4) is 6.07 Å². The lowest BCUT2D eigenvalue weighted by Gasteiger charge is -2.19. The van der Waals surface area contributed by atoms with Crippen LogP contribution < -0.4 is 10.6 Å². The molecule has 0 saturated carbocycles. The van der Waals surface area contributed by atoms with Gasteiger partial charge in [0, 0.05) is 11.9 Å². The summed E-state index contributed by atoms with van der Waals surface area (Å²) >= 11 is 0. The molecule has 0 fully saturated rings. The molecule has 0 heterocycles. The minimum atomic E-state index is -5.03. The average molecular weight is 489 g/mol. The first-order chi connectivity index (χ1) is 16.5.